The predicted molar refractivity (Wildman–Crippen MR) is 158 cm³/mol. The predicted octanol–water partition coefficient (Wildman–Crippen LogP) is 5.46. The van der Waals surface area contributed by atoms with Crippen LogP contribution in [0.2, 0.25) is 0 Å². The summed E-state index contributed by atoms with van der Waals surface area (Å²) in [6, 6.07) is 17.7. The van der Waals surface area contributed by atoms with Gasteiger partial charge in [0.25, 0.3) is 0 Å². The molecule has 1 aliphatic rings. The molecule has 2 aromatic carbocycles. The van der Waals surface area contributed by atoms with Crippen molar-refractivity contribution in [3.8, 4) is 5.69 Å². The molecule has 0 radical (unpaired) electrons. The van der Waals surface area contributed by atoms with Crippen molar-refractivity contribution in [1.82, 2.24) is 19.6 Å². The summed E-state index contributed by atoms with van der Waals surface area (Å²) in [5.41, 5.74) is 4.78. The van der Waals surface area contributed by atoms with Gasteiger partial charge >= 0.3 is 6.03 Å². The molecule has 0 unspecified atom stereocenters. The Hall–Kier alpha value is -3.65. The number of hydrogen-bond donors (Lipinski definition) is 2. The number of carbonyl (C=O) groups excluding carboxylic acids is 2. The lowest BCUT2D eigenvalue weighted by atomic mass is 9.90. The van der Waals surface area contributed by atoms with Crippen LogP contribution >= 0.6 is 0 Å². The number of likely N-dealkylation sites (N-methyl/N-ethyl adjacent to an activating group) is 1. The first kappa shape index (κ1) is 28.4. The Balaban J connectivity index is 1.34. The summed E-state index contributed by atoms with van der Waals surface area (Å²) in [4.78, 5) is 29.1. The van der Waals surface area contributed by atoms with E-state index >= 15 is 0 Å². The Morgan fingerprint density at radius 1 is 0.974 bits per heavy atom. The van der Waals surface area contributed by atoms with Gasteiger partial charge in [-0.15, -0.1) is 0 Å². The molecule has 0 aliphatic carbocycles. The maximum atomic E-state index is 12.9. The van der Waals surface area contributed by atoms with Crippen LogP contribution in [0.5, 0.6) is 0 Å². The zero-order valence-corrected chi connectivity index (χ0v) is 24.1. The van der Waals surface area contributed by atoms with E-state index in [2.05, 4.69) is 43.5 Å². The second-order valence-corrected chi connectivity index (χ2v) is 12.0. The highest BCUT2D eigenvalue weighted by molar-refractivity contribution is 5.99. The lowest BCUT2D eigenvalue weighted by Crippen LogP contribution is -2.42. The van der Waals surface area contributed by atoms with Crippen molar-refractivity contribution in [2.75, 3.05) is 44.4 Å². The maximum Gasteiger partial charge on any atom is 0.324 e. The molecule has 4 rings (SSSR count). The Morgan fingerprint density at radius 2 is 1.62 bits per heavy atom. The third-order valence-electron chi connectivity index (χ3n) is 7.15. The topological polar surface area (TPSA) is 82.5 Å². The zero-order chi connectivity index (χ0) is 28.2. The fourth-order valence-electron chi connectivity index (χ4n) is 4.81. The van der Waals surface area contributed by atoms with Crippen LogP contribution in [0.15, 0.2) is 54.6 Å². The fourth-order valence-corrected chi connectivity index (χ4v) is 4.81. The molecule has 3 aromatic rings. The van der Waals surface area contributed by atoms with Gasteiger partial charge in [-0.05, 0) is 76.0 Å². The van der Waals surface area contributed by atoms with Crippen LogP contribution in [-0.4, -0.2) is 65.2 Å². The van der Waals surface area contributed by atoms with E-state index in [1.165, 1.54) is 11.1 Å². The van der Waals surface area contributed by atoms with Crippen molar-refractivity contribution in [1.29, 1.82) is 0 Å². The van der Waals surface area contributed by atoms with Gasteiger partial charge in [-0.1, -0.05) is 50.6 Å². The summed E-state index contributed by atoms with van der Waals surface area (Å²) in [5.74, 6) is 1.39. The van der Waals surface area contributed by atoms with Crippen LogP contribution in [0.3, 0.4) is 0 Å². The lowest BCUT2D eigenvalue weighted by molar-refractivity contribution is -0.133. The monoisotopic (exact) mass is 530 g/mol. The van der Waals surface area contributed by atoms with Gasteiger partial charge in [0.15, 0.2) is 0 Å². The average Bonchev–Trinajstić information content (AvgIpc) is 3.30. The highest BCUT2D eigenvalue weighted by Gasteiger charge is 2.24. The molecule has 8 nitrogen and oxygen atoms in total. The van der Waals surface area contributed by atoms with E-state index in [0.29, 0.717) is 18.3 Å². The third kappa shape index (κ3) is 7.69. The molecule has 2 N–H and O–H groups in total. The van der Waals surface area contributed by atoms with Crippen LogP contribution in [0.25, 0.3) is 5.69 Å². The summed E-state index contributed by atoms with van der Waals surface area (Å²) < 4.78 is 1.78. The Labute approximate surface area is 232 Å². The number of urea groups is 1. The summed E-state index contributed by atoms with van der Waals surface area (Å²) in [5, 5.41) is 10.7. The largest absolute Gasteiger partial charge is 0.342 e. The average molecular weight is 531 g/mol. The maximum absolute atomic E-state index is 12.9. The Kier molecular flexibility index (Phi) is 8.75. The SMILES string of the molecule is Cc1ccc(-n2nc(C(C)(C)C)cc2NC(=O)Nc2ccc(CC3CCN(C(=O)CN(C)C)CC3)cc2)cc1. The molecular weight excluding hydrogens is 488 g/mol. The molecular formula is C31H42N6O2. The second-order valence-electron chi connectivity index (χ2n) is 12.0. The Bertz CT molecular complexity index is 1260. The summed E-state index contributed by atoms with van der Waals surface area (Å²) in [7, 11) is 3.85. The number of hydrogen-bond acceptors (Lipinski definition) is 4. The van der Waals surface area contributed by atoms with Crippen molar-refractivity contribution < 1.29 is 9.59 Å². The van der Waals surface area contributed by atoms with E-state index < -0.39 is 0 Å². The van der Waals surface area contributed by atoms with Gasteiger partial charge in [0, 0.05) is 30.3 Å². The number of aryl methyl sites for hydroxylation is 1. The van der Waals surface area contributed by atoms with Gasteiger partial charge in [-0.2, -0.15) is 5.10 Å². The van der Waals surface area contributed by atoms with Gasteiger partial charge in [0.2, 0.25) is 5.91 Å². The molecule has 208 valence electrons. The Morgan fingerprint density at radius 3 is 2.21 bits per heavy atom. The summed E-state index contributed by atoms with van der Waals surface area (Å²) >= 11 is 0. The van der Waals surface area contributed by atoms with E-state index in [9.17, 15) is 9.59 Å². The van der Waals surface area contributed by atoms with Crippen molar-refractivity contribution in [2.45, 2.75) is 52.4 Å². The minimum Gasteiger partial charge on any atom is -0.342 e. The van der Waals surface area contributed by atoms with E-state index in [4.69, 9.17) is 5.10 Å². The number of aromatic nitrogens is 2. The molecule has 39 heavy (non-hydrogen) atoms. The summed E-state index contributed by atoms with van der Waals surface area (Å²) in [6.07, 6.45) is 3.02. The minimum atomic E-state index is -0.314. The standard InChI is InChI=1S/C31H42N6O2/c1-22-7-13-26(14-8-22)37-28(20-27(34-37)31(2,3)4)33-30(39)32-25-11-9-23(10-12-25)19-24-15-17-36(18-16-24)29(38)21-35(5)6/h7-14,20,24H,15-19,21H2,1-6H3,(H2,32,33,39). The first-order valence-electron chi connectivity index (χ1n) is 13.7. The fraction of sp³-hybridized carbons (Fsp3) is 0.452. The smallest absolute Gasteiger partial charge is 0.324 e. The van der Waals surface area contributed by atoms with Crippen LogP contribution in [-0.2, 0) is 16.6 Å². The first-order chi connectivity index (χ1) is 18.5. The number of benzene rings is 2. The second kappa shape index (κ2) is 12.0. The normalized spacial score (nSPS) is 14.5. The molecule has 1 aliphatic heterocycles. The van der Waals surface area contributed by atoms with Gasteiger partial charge in [-0.3, -0.25) is 10.1 Å². The number of piperidine rings is 1. The third-order valence-corrected chi connectivity index (χ3v) is 7.15. The van der Waals surface area contributed by atoms with Crippen molar-refractivity contribution in [2.24, 2.45) is 5.92 Å². The molecule has 1 fully saturated rings. The molecule has 0 saturated carbocycles. The number of likely N-dealkylation sites (tertiary alicyclic amines) is 1. The molecule has 1 aromatic heterocycles. The number of rotatable bonds is 7. The van der Waals surface area contributed by atoms with Gasteiger partial charge < -0.3 is 15.1 Å². The van der Waals surface area contributed by atoms with Gasteiger partial charge in [0.1, 0.15) is 5.82 Å². The van der Waals surface area contributed by atoms with E-state index in [-0.39, 0.29) is 17.4 Å². The van der Waals surface area contributed by atoms with Crippen molar-refractivity contribution in [3.63, 3.8) is 0 Å². The molecule has 0 atom stereocenters. The van der Waals surface area contributed by atoms with E-state index in [0.717, 1.165) is 49.4 Å². The number of anilines is 2. The molecule has 1 saturated heterocycles. The molecule has 3 amide bonds. The van der Waals surface area contributed by atoms with Crippen molar-refractivity contribution in [3.05, 3.63) is 71.4 Å². The number of amides is 3. The highest BCUT2D eigenvalue weighted by Crippen LogP contribution is 2.27. The number of nitrogens with one attached hydrogen (secondary N) is 2. The quantitative estimate of drug-likeness (QED) is 0.425. The van der Waals surface area contributed by atoms with Gasteiger partial charge in [-0.25, -0.2) is 9.48 Å². The molecule has 0 bridgehead atoms. The first-order valence-corrected chi connectivity index (χ1v) is 13.7. The van der Waals surface area contributed by atoms with Crippen molar-refractivity contribution >= 4 is 23.4 Å². The van der Waals surface area contributed by atoms with Crippen LogP contribution < -0.4 is 10.6 Å². The van der Waals surface area contributed by atoms with Crippen LogP contribution in [0.1, 0.15) is 50.4 Å². The zero-order valence-electron chi connectivity index (χ0n) is 24.1. The number of nitrogens with zero attached hydrogens (tertiary/aromatic N) is 4. The highest BCUT2D eigenvalue weighted by atomic mass is 16.2. The van der Waals surface area contributed by atoms with E-state index in [1.807, 2.05) is 73.3 Å². The molecule has 0 spiro atoms. The molecule has 2 heterocycles. The molecule has 8 heteroatoms. The van der Waals surface area contributed by atoms with Gasteiger partial charge in [0.05, 0.1) is 17.9 Å². The van der Waals surface area contributed by atoms with Crippen LogP contribution in [0, 0.1) is 12.8 Å². The summed E-state index contributed by atoms with van der Waals surface area (Å²) in [6.45, 7) is 10.5. The minimum absolute atomic E-state index is 0.156. The van der Waals surface area contributed by atoms with Crippen LogP contribution in [0.4, 0.5) is 16.3 Å². The lowest BCUT2D eigenvalue weighted by Gasteiger charge is -2.32. The van der Waals surface area contributed by atoms with E-state index in [1.54, 1.807) is 4.68 Å². The number of carbonyl (C=O) groups is 2.